The largest absolute Gasteiger partial charge is 0.337 e. The van der Waals surface area contributed by atoms with E-state index in [0.29, 0.717) is 17.7 Å². The fraction of sp³-hybridized carbons (Fsp3) is 0.500. The van der Waals surface area contributed by atoms with Crippen molar-refractivity contribution in [2.45, 2.75) is 30.5 Å². The molecule has 5 rings (SSSR count). The minimum atomic E-state index is 0.251. The number of piperidine rings is 1. The third-order valence-electron chi connectivity index (χ3n) is 4.96. The fourth-order valence-corrected chi connectivity index (χ4v) is 5.11. The van der Waals surface area contributed by atoms with Gasteiger partial charge in [0.25, 0.3) is 0 Å². The summed E-state index contributed by atoms with van der Waals surface area (Å²) in [5, 5.41) is 3.04. The summed E-state index contributed by atoms with van der Waals surface area (Å²) in [6, 6.07) is 6.16. The molecular formula is C18H22N4OS2. The maximum atomic E-state index is 12.8. The van der Waals surface area contributed by atoms with E-state index in [1.54, 1.807) is 17.5 Å². The Kier molecular flexibility index (Phi) is 5.33. The van der Waals surface area contributed by atoms with Crippen molar-refractivity contribution in [3.63, 3.8) is 0 Å². The van der Waals surface area contributed by atoms with Crippen LogP contribution in [0.2, 0.25) is 0 Å². The van der Waals surface area contributed by atoms with Crippen LogP contribution in [0.25, 0.3) is 0 Å². The van der Waals surface area contributed by atoms with Gasteiger partial charge in [-0.3, -0.25) is 9.69 Å². The summed E-state index contributed by atoms with van der Waals surface area (Å²) in [6.07, 6.45) is 4.13. The second kappa shape index (κ2) is 7.85. The maximum Gasteiger partial charge on any atom is 0.233 e. The summed E-state index contributed by atoms with van der Waals surface area (Å²) in [4.78, 5) is 26.1. The van der Waals surface area contributed by atoms with Crippen molar-refractivity contribution in [2.75, 3.05) is 25.4 Å². The number of nitrogens with zero attached hydrogens (tertiary/aromatic N) is 4. The number of hydrogen-bond acceptors (Lipinski definition) is 6. The molecule has 2 bridgehead atoms. The SMILES string of the molecule is O=C(CSc1ccccn1)N1C[C@@H]2CC[C@H]1CN(Cc1cscn1)C2. The van der Waals surface area contributed by atoms with E-state index in [1.165, 1.54) is 18.2 Å². The second-order valence-electron chi connectivity index (χ2n) is 6.77. The average molecular weight is 375 g/mol. The van der Waals surface area contributed by atoms with E-state index in [2.05, 4.69) is 25.1 Å². The molecule has 0 aromatic carbocycles. The van der Waals surface area contributed by atoms with Gasteiger partial charge in [0.05, 0.1) is 22.0 Å². The van der Waals surface area contributed by atoms with Crippen LogP contribution < -0.4 is 0 Å². The van der Waals surface area contributed by atoms with Crippen molar-refractivity contribution in [3.8, 4) is 0 Å². The van der Waals surface area contributed by atoms with Crippen LogP contribution in [-0.4, -0.2) is 57.1 Å². The van der Waals surface area contributed by atoms with Gasteiger partial charge in [0.1, 0.15) is 0 Å². The van der Waals surface area contributed by atoms with Crippen LogP contribution in [0.3, 0.4) is 0 Å². The summed E-state index contributed by atoms with van der Waals surface area (Å²) in [6.45, 7) is 3.85. The Labute approximate surface area is 156 Å². The van der Waals surface area contributed by atoms with E-state index in [1.807, 2.05) is 23.7 Å². The zero-order valence-electron chi connectivity index (χ0n) is 14.1. The lowest BCUT2D eigenvalue weighted by atomic mass is 9.95. The molecule has 3 fully saturated rings. The Bertz CT molecular complexity index is 694. The first-order valence-corrected chi connectivity index (χ1v) is 10.6. The van der Waals surface area contributed by atoms with Gasteiger partial charge in [0, 0.05) is 43.8 Å². The van der Waals surface area contributed by atoms with Crippen LogP contribution in [-0.2, 0) is 11.3 Å². The molecule has 0 spiro atoms. The number of aromatic nitrogens is 2. The predicted octanol–water partition coefficient (Wildman–Crippen LogP) is 2.75. The molecule has 7 heteroatoms. The number of thiazole rings is 1. The number of pyridine rings is 1. The molecule has 3 saturated heterocycles. The zero-order valence-corrected chi connectivity index (χ0v) is 15.7. The minimum absolute atomic E-state index is 0.251. The van der Waals surface area contributed by atoms with Crippen molar-refractivity contribution in [1.82, 2.24) is 19.8 Å². The highest BCUT2D eigenvalue weighted by Gasteiger charge is 2.37. The van der Waals surface area contributed by atoms with Crippen LogP contribution in [0, 0.1) is 5.92 Å². The van der Waals surface area contributed by atoms with Crippen LogP contribution in [0.1, 0.15) is 18.5 Å². The van der Waals surface area contributed by atoms with Crippen LogP contribution in [0.4, 0.5) is 0 Å². The Morgan fingerprint density at radius 2 is 2.20 bits per heavy atom. The highest BCUT2D eigenvalue weighted by molar-refractivity contribution is 7.99. The Morgan fingerprint density at radius 3 is 3.00 bits per heavy atom. The minimum Gasteiger partial charge on any atom is -0.337 e. The molecule has 5 heterocycles. The van der Waals surface area contributed by atoms with Gasteiger partial charge in [-0.2, -0.15) is 0 Å². The summed E-state index contributed by atoms with van der Waals surface area (Å²) in [7, 11) is 0. The number of amides is 1. The molecular weight excluding hydrogens is 352 g/mol. The lowest BCUT2D eigenvalue weighted by Crippen LogP contribution is -2.48. The van der Waals surface area contributed by atoms with Gasteiger partial charge in [-0.1, -0.05) is 17.8 Å². The fourth-order valence-electron chi connectivity index (χ4n) is 3.81. The van der Waals surface area contributed by atoms with E-state index in [0.717, 1.165) is 43.3 Å². The van der Waals surface area contributed by atoms with Gasteiger partial charge >= 0.3 is 0 Å². The van der Waals surface area contributed by atoms with Crippen molar-refractivity contribution < 1.29 is 4.79 Å². The van der Waals surface area contributed by atoms with Gasteiger partial charge in [0.2, 0.25) is 5.91 Å². The molecule has 2 atom stereocenters. The smallest absolute Gasteiger partial charge is 0.233 e. The summed E-state index contributed by atoms with van der Waals surface area (Å²) >= 11 is 3.19. The standard InChI is InChI=1S/C18H22N4OS2/c23-18(12-25-17-3-1-2-6-19-17)22-8-14-4-5-16(22)10-21(7-14)9-15-11-24-13-20-15/h1-3,6,11,13-14,16H,4-5,7-10,12H2/t14-,16+/m1/s1. The zero-order chi connectivity index (χ0) is 17.1. The van der Waals surface area contributed by atoms with E-state index in [9.17, 15) is 4.79 Å². The van der Waals surface area contributed by atoms with Crippen LogP contribution in [0.5, 0.6) is 0 Å². The number of hydrogen-bond donors (Lipinski definition) is 0. The van der Waals surface area contributed by atoms with E-state index >= 15 is 0 Å². The number of carbonyl (C=O) groups excluding carboxylic acids is 1. The Hall–Kier alpha value is -1.44. The van der Waals surface area contributed by atoms with Gasteiger partial charge < -0.3 is 4.90 Å². The monoisotopic (exact) mass is 374 g/mol. The van der Waals surface area contributed by atoms with Gasteiger partial charge in [0.15, 0.2) is 0 Å². The lowest BCUT2D eigenvalue weighted by Gasteiger charge is -2.36. The van der Waals surface area contributed by atoms with Crippen molar-refractivity contribution in [2.24, 2.45) is 5.92 Å². The summed E-state index contributed by atoms with van der Waals surface area (Å²) in [5.74, 6) is 1.31. The maximum absolute atomic E-state index is 12.8. The van der Waals surface area contributed by atoms with Crippen molar-refractivity contribution in [1.29, 1.82) is 0 Å². The molecule has 0 aliphatic carbocycles. The van der Waals surface area contributed by atoms with Crippen molar-refractivity contribution >= 4 is 29.0 Å². The third-order valence-corrected chi connectivity index (χ3v) is 6.52. The lowest BCUT2D eigenvalue weighted by molar-refractivity contribution is -0.132. The van der Waals surface area contributed by atoms with Crippen molar-refractivity contribution in [3.05, 3.63) is 41.0 Å². The van der Waals surface area contributed by atoms with Gasteiger partial charge in [-0.15, -0.1) is 11.3 Å². The highest BCUT2D eigenvalue weighted by atomic mass is 32.2. The molecule has 2 aromatic heterocycles. The molecule has 0 unspecified atom stereocenters. The first kappa shape index (κ1) is 17.0. The molecule has 0 saturated carbocycles. The number of rotatable bonds is 5. The average Bonchev–Trinajstić information content (AvgIpc) is 2.99. The second-order valence-corrected chi connectivity index (χ2v) is 8.49. The van der Waals surface area contributed by atoms with Gasteiger partial charge in [-0.25, -0.2) is 9.97 Å². The molecule has 3 aliphatic heterocycles. The van der Waals surface area contributed by atoms with Crippen LogP contribution in [0.15, 0.2) is 40.3 Å². The number of fused-ring (bicyclic) bond motifs is 4. The van der Waals surface area contributed by atoms with E-state index < -0.39 is 0 Å². The van der Waals surface area contributed by atoms with E-state index in [4.69, 9.17) is 0 Å². The normalized spacial score (nSPS) is 23.6. The summed E-state index contributed by atoms with van der Waals surface area (Å²) in [5.41, 5.74) is 3.04. The number of thioether (sulfide) groups is 1. The first-order valence-electron chi connectivity index (χ1n) is 8.70. The molecule has 2 aromatic rings. The third kappa shape index (κ3) is 4.22. The highest BCUT2D eigenvalue weighted by Crippen LogP contribution is 2.29. The molecule has 5 nitrogen and oxygen atoms in total. The molecule has 132 valence electrons. The quantitative estimate of drug-likeness (QED) is 0.753. The summed E-state index contributed by atoms with van der Waals surface area (Å²) < 4.78 is 0. The molecule has 3 aliphatic rings. The first-order chi connectivity index (χ1) is 12.3. The van der Waals surface area contributed by atoms with Gasteiger partial charge in [-0.05, 0) is 30.9 Å². The topological polar surface area (TPSA) is 49.3 Å². The number of carbonyl (C=O) groups is 1. The molecule has 0 N–H and O–H groups in total. The predicted molar refractivity (Wildman–Crippen MR) is 101 cm³/mol. The molecule has 1 amide bonds. The van der Waals surface area contributed by atoms with E-state index in [-0.39, 0.29) is 5.91 Å². The molecule has 25 heavy (non-hydrogen) atoms. The Balaban J connectivity index is 1.37. The van der Waals surface area contributed by atoms with Crippen LogP contribution >= 0.6 is 23.1 Å². The molecule has 0 radical (unpaired) electrons. The Morgan fingerprint density at radius 1 is 1.24 bits per heavy atom.